The summed E-state index contributed by atoms with van der Waals surface area (Å²) in [5.74, 6) is 1.94. The maximum Gasteiger partial charge on any atom is 0.227 e. The van der Waals surface area contributed by atoms with Gasteiger partial charge in [-0.25, -0.2) is 9.97 Å². The molecule has 2 aliphatic rings. The molecular formula is C21H22N6O2. The molecule has 1 saturated heterocycles. The predicted octanol–water partition coefficient (Wildman–Crippen LogP) is 3.66. The van der Waals surface area contributed by atoms with Crippen LogP contribution in [-0.4, -0.2) is 51.6 Å². The number of anilines is 1. The summed E-state index contributed by atoms with van der Waals surface area (Å²) in [4.78, 5) is 12.1. The van der Waals surface area contributed by atoms with Gasteiger partial charge in [0.25, 0.3) is 0 Å². The summed E-state index contributed by atoms with van der Waals surface area (Å²) < 4.78 is 11.4. The monoisotopic (exact) mass is 390 g/mol. The predicted molar refractivity (Wildman–Crippen MR) is 109 cm³/mol. The van der Waals surface area contributed by atoms with Crippen LogP contribution in [0.3, 0.4) is 0 Å². The molecule has 0 atom stereocenters. The van der Waals surface area contributed by atoms with Gasteiger partial charge in [0.1, 0.15) is 11.2 Å². The zero-order valence-electron chi connectivity index (χ0n) is 16.1. The zero-order valence-corrected chi connectivity index (χ0v) is 16.1. The van der Waals surface area contributed by atoms with Gasteiger partial charge in [-0.1, -0.05) is 18.0 Å². The molecule has 1 saturated carbocycles. The van der Waals surface area contributed by atoms with Crippen molar-refractivity contribution in [2.75, 3.05) is 31.2 Å². The molecular weight excluding hydrogens is 368 g/mol. The normalized spacial score (nSPS) is 18.3. The number of ether oxygens (including phenoxy) is 1. The Labute approximate surface area is 167 Å². The smallest absolute Gasteiger partial charge is 0.227 e. The Kier molecular flexibility index (Phi) is 3.97. The number of H-pyrrole nitrogens is 1. The summed E-state index contributed by atoms with van der Waals surface area (Å²) >= 11 is 0. The van der Waals surface area contributed by atoms with Crippen LogP contribution in [0.5, 0.6) is 0 Å². The molecule has 0 radical (unpaired) electrons. The van der Waals surface area contributed by atoms with Gasteiger partial charge in [0.05, 0.1) is 24.9 Å². The van der Waals surface area contributed by atoms with Crippen LogP contribution >= 0.6 is 0 Å². The largest absolute Gasteiger partial charge is 0.378 e. The van der Waals surface area contributed by atoms with Crippen LogP contribution in [0.2, 0.25) is 0 Å². The highest BCUT2D eigenvalue weighted by atomic mass is 16.5. The number of fused-ring (bicyclic) bond motifs is 2. The van der Waals surface area contributed by atoms with Crippen LogP contribution in [0, 0.1) is 0 Å². The third-order valence-electron chi connectivity index (χ3n) is 6.08. The average molecular weight is 390 g/mol. The molecule has 1 aliphatic carbocycles. The molecule has 6 rings (SSSR count). The van der Waals surface area contributed by atoms with E-state index in [1.807, 2.05) is 18.3 Å². The van der Waals surface area contributed by atoms with Gasteiger partial charge < -0.3 is 14.2 Å². The van der Waals surface area contributed by atoms with Gasteiger partial charge in [0.2, 0.25) is 5.58 Å². The van der Waals surface area contributed by atoms with E-state index in [2.05, 4.69) is 26.3 Å². The van der Waals surface area contributed by atoms with Crippen LogP contribution in [0.25, 0.3) is 33.4 Å². The molecule has 4 heterocycles. The number of rotatable bonds is 3. The maximum atomic E-state index is 5.82. The molecule has 8 heteroatoms. The lowest BCUT2D eigenvalue weighted by Gasteiger charge is -2.27. The number of aromatic nitrogens is 5. The summed E-state index contributed by atoms with van der Waals surface area (Å²) in [6, 6.07) is 6.13. The minimum atomic E-state index is 0.424. The van der Waals surface area contributed by atoms with Gasteiger partial charge in [-0.05, 0) is 31.0 Å². The van der Waals surface area contributed by atoms with Crippen molar-refractivity contribution in [2.24, 2.45) is 0 Å². The summed E-state index contributed by atoms with van der Waals surface area (Å²) in [5, 5.41) is 12.6. The minimum Gasteiger partial charge on any atom is -0.378 e. The van der Waals surface area contributed by atoms with Crippen molar-refractivity contribution >= 4 is 27.8 Å². The van der Waals surface area contributed by atoms with Crippen molar-refractivity contribution in [1.29, 1.82) is 0 Å². The van der Waals surface area contributed by atoms with Crippen molar-refractivity contribution in [3.8, 4) is 11.4 Å². The lowest BCUT2D eigenvalue weighted by molar-refractivity contribution is 0.122. The fourth-order valence-corrected chi connectivity index (χ4v) is 4.50. The summed E-state index contributed by atoms with van der Waals surface area (Å²) in [5.41, 5.74) is 4.51. The van der Waals surface area contributed by atoms with Gasteiger partial charge in [0.15, 0.2) is 11.6 Å². The Morgan fingerprint density at radius 1 is 1.07 bits per heavy atom. The highest BCUT2D eigenvalue weighted by Gasteiger charge is 2.28. The van der Waals surface area contributed by atoms with Crippen LogP contribution in [-0.2, 0) is 4.74 Å². The van der Waals surface area contributed by atoms with Gasteiger partial charge in [0, 0.05) is 30.0 Å². The molecule has 148 valence electrons. The Bertz CT molecular complexity index is 1170. The second-order valence-corrected chi connectivity index (χ2v) is 7.87. The second-order valence-electron chi connectivity index (χ2n) is 7.87. The molecule has 0 spiro atoms. The fourth-order valence-electron chi connectivity index (χ4n) is 4.50. The second kappa shape index (κ2) is 6.81. The Morgan fingerprint density at radius 2 is 1.93 bits per heavy atom. The van der Waals surface area contributed by atoms with E-state index in [1.165, 1.54) is 12.8 Å². The third kappa shape index (κ3) is 2.86. The van der Waals surface area contributed by atoms with E-state index in [0.717, 1.165) is 59.4 Å². The van der Waals surface area contributed by atoms with Crippen molar-refractivity contribution in [1.82, 2.24) is 25.3 Å². The first kappa shape index (κ1) is 16.9. The highest BCUT2D eigenvalue weighted by Crippen LogP contribution is 2.39. The third-order valence-corrected chi connectivity index (χ3v) is 6.08. The molecule has 2 fully saturated rings. The number of nitrogens with one attached hydrogen (secondary N) is 1. The van der Waals surface area contributed by atoms with Gasteiger partial charge >= 0.3 is 0 Å². The van der Waals surface area contributed by atoms with Crippen LogP contribution in [0.4, 0.5) is 5.82 Å². The molecule has 29 heavy (non-hydrogen) atoms. The van der Waals surface area contributed by atoms with Crippen LogP contribution in [0.15, 0.2) is 28.9 Å². The molecule has 0 bridgehead atoms. The van der Waals surface area contributed by atoms with Gasteiger partial charge in [-0.3, -0.25) is 5.10 Å². The quantitative estimate of drug-likeness (QED) is 0.571. The summed E-state index contributed by atoms with van der Waals surface area (Å²) in [6.07, 6.45) is 6.60. The first-order valence-electron chi connectivity index (χ1n) is 10.3. The Morgan fingerprint density at radius 3 is 2.79 bits per heavy atom. The number of aromatic amines is 1. The molecule has 1 aromatic carbocycles. The van der Waals surface area contributed by atoms with E-state index in [4.69, 9.17) is 19.2 Å². The Hall–Kier alpha value is -3.00. The number of morpholine rings is 1. The molecule has 0 unspecified atom stereocenters. The van der Waals surface area contributed by atoms with Crippen molar-refractivity contribution in [2.45, 2.75) is 31.6 Å². The van der Waals surface area contributed by atoms with E-state index in [0.29, 0.717) is 30.5 Å². The van der Waals surface area contributed by atoms with Gasteiger partial charge in [-0.2, -0.15) is 5.10 Å². The fraction of sp³-hybridized carbons (Fsp3) is 0.429. The summed E-state index contributed by atoms with van der Waals surface area (Å²) in [6.45, 7) is 2.94. The van der Waals surface area contributed by atoms with E-state index < -0.39 is 0 Å². The highest BCUT2D eigenvalue weighted by molar-refractivity contribution is 5.89. The van der Waals surface area contributed by atoms with Crippen molar-refractivity contribution in [3.05, 3.63) is 30.1 Å². The van der Waals surface area contributed by atoms with E-state index >= 15 is 0 Å². The maximum absolute atomic E-state index is 5.82. The van der Waals surface area contributed by atoms with E-state index in [-0.39, 0.29) is 0 Å². The molecule has 3 aromatic heterocycles. The lowest BCUT2D eigenvalue weighted by Crippen LogP contribution is -2.37. The van der Waals surface area contributed by atoms with Gasteiger partial charge in [-0.15, -0.1) is 0 Å². The zero-order chi connectivity index (χ0) is 19.2. The van der Waals surface area contributed by atoms with Crippen molar-refractivity contribution < 1.29 is 9.26 Å². The van der Waals surface area contributed by atoms with Crippen molar-refractivity contribution in [3.63, 3.8) is 0 Å². The first-order chi connectivity index (χ1) is 14.4. The first-order valence-corrected chi connectivity index (χ1v) is 10.3. The number of nitrogens with zero attached hydrogens (tertiary/aromatic N) is 5. The molecule has 1 N–H and O–H groups in total. The van der Waals surface area contributed by atoms with Crippen LogP contribution in [0.1, 0.15) is 37.3 Å². The Balaban J connectivity index is 1.54. The minimum absolute atomic E-state index is 0.424. The molecule has 1 aliphatic heterocycles. The average Bonchev–Trinajstić information content (AvgIpc) is 3.53. The number of hydrogen-bond donors (Lipinski definition) is 1. The molecule has 8 nitrogen and oxygen atoms in total. The lowest BCUT2D eigenvalue weighted by atomic mass is 10.0. The topological polar surface area (TPSA) is 93.0 Å². The van der Waals surface area contributed by atoms with E-state index in [1.54, 1.807) is 0 Å². The standard InChI is InChI=1S/C21H22N6O2/c1-2-4-13(3-1)17-18-19(29-26-17)21(27-7-9-28-10-8-27)24-20(23-18)14-5-6-16-15(11-14)12-22-25-16/h5-6,11-13H,1-4,7-10H2,(H,22,25). The number of hydrogen-bond acceptors (Lipinski definition) is 7. The molecule has 4 aromatic rings. The van der Waals surface area contributed by atoms with Crippen LogP contribution < -0.4 is 4.90 Å². The number of benzene rings is 1. The SMILES string of the molecule is c1cc2[nH]ncc2cc1-c1nc(N2CCOCC2)c2onc(C3CCCC3)c2n1. The molecule has 0 amide bonds. The van der Waals surface area contributed by atoms with E-state index in [9.17, 15) is 0 Å². The summed E-state index contributed by atoms with van der Waals surface area (Å²) in [7, 11) is 0.